The second kappa shape index (κ2) is 4.41. The van der Waals surface area contributed by atoms with E-state index in [9.17, 15) is 0 Å². The molecule has 2 aromatic rings. The Morgan fingerprint density at radius 3 is 3.07 bits per heavy atom. The Hall–Kier alpha value is -1.41. The molecule has 2 rings (SSSR count). The average Bonchev–Trinajstić information content (AvgIpc) is 2.65. The second-order valence-corrected chi connectivity index (χ2v) is 4.50. The number of benzene rings is 1. The van der Waals surface area contributed by atoms with E-state index in [0.29, 0.717) is 0 Å². The summed E-state index contributed by atoms with van der Waals surface area (Å²) >= 11 is 1.69. The molecule has 15 heavy (non-hydrogen) atoms. The number of aromatic amines is 1. The highest BCUT2D eigenvalue weighted by atomic mass is 32.2. The van der Waals surface area contributed by atoms with E-state index in [1.807, 2.05) is 25.3 Å². The first-order valence-corrected chi connectivity index (χ1v) is 5.68. The number of allylic oxidation sites excluding steroid dienone is 2. The van der Waals surface area contributed by atoms with E-state index in [1.165, 1.54) is 15.8 Å². The standard InChI is InChI=1S/C13H13NS/c1-3-4-10(2)15-12-5-6-13-11(9-12)7-8-14-13/h3-9,14H,2H2,1H3. The van der Waals surface area contributed by atoms with Crippen LogP contribution in [0.1, 0.15) is 6.92 Å². The summed E-state index contributed by atoms with van der Waals surface area (Å²) in [7, 11) is 0. The Morgan fingerprint density at radius 2 is 2.27 bits per heavy atom. The normalized spacial score (nSPS) is 11.3. The average molecular weight is 215 g/mol. The topological polar surface area (TPSA) is 15.8 Å². The van der Waals surface area contributed by atoms with Crippen molar-refractivity contribution in [1.82, 2.24) is 4.98 Å². The summed E-state index contributed by atoms with van der Waals surface area (Å²) in [5.74, 6) is 0. The smallest absolute Gasteiger partial charge is 0.0454 e. The maximum Gasteiger partial charge on any atom is 0.0454 e. The van der Waals surface area contributed by atoms with Gasteiger partial charge in [0.1, 0.15) is 0 Å². The van der Waals surface area contributed by atoms with E-state index < -0.39 is 0 Å². The van der Waals surface area contributed by atoms with E-state index in [1.54, 1.807) is 11.8 Å². The number of hydrogen-bond acceptors (Lipinski definition) is 1. The lowest BCUT2D eigenvalue weighted by Crippen LogP contribution is -1.73. The van der Waals surface area contributed by atoms with Crippen molar-refractivity contribution in [1.29, 1.82) is 0 Å². The Morgan fingerprint density at radius 1 is 1.40 bits per heavy atom. The molecule has 1 aromatic carbocycles. The number of nitrogens with one attached hydrogen (secondary N) is 1. The van der Waals surface area contributed by atoms with Crippen molar-refractivity contribution >= 4 is 22.7 Å². The van der Waals surface area contributed by atoms with Crippen molar-refractivity contribution in [2.24, 2.45) is 0 Å². The van der Waals surface area contributed by atoms with E-state index >= 15 is 0 Å². The molecule has 0 aliphatic rings. The Bertz CT molecular complexity index is 508. The molecule has 0 fully saturated rings. The monoisotopic (exact) mass is 215 g/mol. The van der Waals surface area contributed by atoms with Crippen molar-refractivity contribution in [2.45, 2.75) is 11.8 Å². The highest BCUT2D eigenvalue weighted by molar-refractivity contribution is 8.03. The van der Waals surface area contributed by atoms with Gasteiger partial charge in [-0.05, 0) is 31.2 Å². The lowest BCUT2D eigenvalue weighted by atomic mass is 10.2. The largest absolute Gasteiger partial charge is 0.361 e. The minimum absolute atomic E-state index is 1.06. The van der Waals surface area contributed by atoms with Gasteiger partial charge in [-0.25, -0.2) is 0 Å². The first kappa shape index (κ1) is 10.1. The molecule has 1 aromatic heterocycles. The zero-order valence-corrected chi connectivity index (χ0v) is 9.47. The molecular weight excluding hydrogens is 202 g/mol. The molecule has 1 heterocycles. The summed E-state index contributed by atoms with van der Waals surface area (Å²) < 4.78 is 0. The molecule has 76 valence electrons. The third kappa shape index (κ3) is 2.34. The SMILES string of the molecule is C=C(C=CC)Sc1ccc2[nH]ccc2c1. The molecule has 0 saturated carbocycles. The van der Waals surface area contributed by atoms with Crippen LogP contribution in [0.15, 0.2) is 59.0 Å². The third-order valence-corrected chi connectivity index (χ3v) is 3.01. The first-order valence-electron chi connectivity index (χ1n) is 4.86. The van der Waals surface area contributed by atoms with Gasteiger partial charge < -0.3 is 4.98 Å². The molecule has 0 spiro atoms. The Kier molecular flexibility index (Phi) is 2.97. The summed E-state index contributed by atoms with van der Waals surface area (Å²) in [6.07, 6.45) is 5.98. The van der Waals surface area contributed by atoms with Gasteiger partial charge in [-0.2, -0.15) is 0 Å². The minimum atomic E-state index is 1.06. The molecule has 1 N–H and O–H groups in total. The lowest BCUT2D eigenvalue weighted by Gasteiger charge is -2.00. The fourth-order valence-corrected chi connectivity index (χ4v) is 2.30. The molecule has 0 saturated heterocycles. The predicted octanol–water partition coefficient (Wildman–Crippen LogP) is 4.35. The highest BCUT2D eigenvalue weighted by Gasteiger charge is 1.98. The number of rotatable bonds is 3. The number of thioether (sulfide) groups is 1. The van der Waals surface area contributed by atoms with Crippen LogP contribution in [0.25, 0.3) is 10.9 Å². The van der Waals surface area contributed by atoms with Crippen molar-refractivity contribution in [3.63, 3.8) is 0 Å². The van der Waals surface area contributed by atoms with E-state index in [0.717, 1.165) is 4.91 Å². The van der Waals surface area contributed by atoms with Crippen molar-refractivity contribution in [2.75, 3.05) is 0 Å². The van der Waals surface area contributed by atoms with Crippen LogP contribution in [0, 0.1) is 0 Å². The fourth-order valence-electron chi connectivity index (χ4n) is 1.47. The van der Waals surface area contributed by atoms with Crippen LogP contribution in [0.5, 0.6) is 0 Å². The van der Waals surface area contributed by atoms with Gasteiger partial charge in [0.2, 0.25) is 0 Å². The highest BCUT2D eigenvalue weighted by Crippen LogP contribution is 2.28. The van der Waals surface area contributed by atoms with Gasteiger partial charge in [0, 0.05) is 26.9 Å². The van der Waals surface area contributed by atoms with Gasteiger partial charge in [0.15, 0.2) is 0 Å². The summed E-state index contributed by atoms with van der Waals surface area (Å²) in [6.45, 7) is 5.98. The minimum Gasteiger partial charge on any atom is -0.361 e. The van der Waals surface area contributed by atoms with Gasteiger partial charge in [-0.15, -0.1) is 0 Å². The van der Waals surface area contributed by atoms with E-state index in [-0.39, 0.29) is 0 Å². The molecule has 0 bridgehead atoms. The summed E-state index contributed by atoms with van der Waals surface area (Å²) in [5, 5.41) is 1.24. The summed E-state index contributed by atoms with van der Waals surface area (Å²) in [5.41, 5.74) is 1.18. The van der Waals surface area contributed by atoms with Gasteiger partial charge in [0.25, 0.3) is 0 Å². The van der Waals surface area contributed by atoms with Crippen LogP contribution in [-0.2, 0) is 0 Å². The quantitative estimate of drug-likeness (QED) is 0.594. The number of hydrogen-bond donors (Lipinski definition) is 1. The van der Waals surface area contributed by atoms with Crippen molar-refractivity contribution in [3.8, 4) is 0 Å². The molecule has 0 aliphatic heterocycles. The zero-order chi connectivity index (χ0) is 10.7. The van der Waals surface area contributed by atoms with Crippen LogP contribution in [-0.4, -0.2) is 4.98 Å². The molecule has 0 atom stereocenters. The Labute approximate surface area is 93.9 Å². The van der Waals surface area contributed by atoms with E-state index in [4.69, 9.17) is 0 Å². The molecular formula is C13H13NS. The van der Waals surface area contributed by atoms with Gasteiger partial charge >= 0.3 is 0 Å². The number of aromatic nitrogens is 1. The first-order chi connectivity index (χ1) is 7.29. The van der Waals surface area contributed by atoms with Crippen LogP contribution in [0.4, 0.5) is 0 Å². The Balaban J connectivity index is 2.24. The van der Waals surface area contributed by atoms with Crippen molar-refractivity contribution in [3.05, 3.63) is 54.1 Å². The third-order valence-electron chi connectivity index (χ3n) is 2.13. The van der Waals surface area contributed by atoms with Gasteiger partial charge in [-0.3, -0.25) is 0 Å². The lowest BCUT2D eigenvalue weighted by molar-refractivity contribution is 1.45. The predicted molar refractivity (Wildman–Crippen MR) is 68.1 cm³/mol. The van der Waals surface area contributed by atoms with Crippen LogP contribution >= 0.6 is 11.8 Å². The maximum absolute atomic E-state index is 3.98. The molecule has 0 unspecified atom stereocenters. The van der Waals surface area contributed by atoms with Crippen LogP contribution in [0.3, 0.4) is 0 Å². The molecule has 1 nitrogen and oxygen atoms in total. The van der Waals surface area contributed by atoms with Gasteiger partial charge in [-0.1, -0.05) is 30.5 Å². The molecule has 2 heteroatoms. The maximum atomic E-state index is 3.98. The van der Waals surface area contributed by atoms with E-state index in [2.05, 4.69) is 35.8 Å². The number of fused-ring (bicyclic) bond motifs is 1. The molecule has 0 amide bonds. The zero-order valence-electron chi connectivity index (χ0n) is 8.66. The summed E-state index contributed by atoms with van der Waals surface area (Å²) in [6, 6.07) is 8.46. The summed E-state index contributed by atoms with van der Waals surface area (Å²) in [4.78, 5) is 5.47. The molecule has 0 radical (unpaired) electrons. The van der Waals surface area contributed by atoms with Crippen LogP contribution in [0.2, 0.25) is 0 Å². The van der Waals surface area contributed by atoms with Crippen LogP contribution < -0.4 is 0 Å². The second-order valence-electron chi connectivity index (χ2n) is 3.30. The number of H-pyrrole nitrogens is 1. The molecule has 0 aliphatic carbocycles. The fraction of sp³-hybridized carbons (Fsp3) is 0.0769. The van der Waals surface area contributed by atoms with Crippen molar-refractivity contribution < 1.29 is 0 Å². The van der Waals surface area contributed by atoms with Gasteiger partial charge in [0.05, 0.1) is 0 Å².